The molecular weight excluding hydrogens is 398 g/mol. The van der Waals surface area contributed by atoms with E-state index in [-0.39, 0.29) is 41.1 Å². The number of nitrogen functional groups attached to an aromatic ring is 1. The van der Waals surface area contributed by atoms with Crippen molar-refractivity contribution in [3.05, 3.63) is 22.8 Å². The molecule has 2 atom stereocenters. The number of β-lactam (4-membered cyclic amide) rings is 1. The number of nitrogens with zero attached hydrogens (tertiary/aromatic N) is 3. The zero-order valence-corrected chi connectivity index (χ0v) is 15.3. The van der Waals surface area contributed by atoms with Crippen molar-refractivity contribution in [1.29, 1.82) is 0 Å². The first kappa shape index (κ1) is 19.1. The second-order valence-corrected chi connectivity index (χ2v) is 7.42. The molecule has 0 aromatic carbocycles. The summed E-state index contributed by atoms with van der Waals surface area (Å²) in [6.07, 6.45) is 1.29. The molecule has 1 fully saturated rings. The molecule has 0 spiro atoms. The number of carboxylic acids is 1. The van der Waals surface area contributed by atoms with Gasteiger partial charge in [0.1, 0.15) is 23.7 Å². The van der Waals surface area contributed by atoms with Crippen LogP contribution in [0.3, 0.4) is 0 Å². The summed E-state index contributed by atoms with van der Waals surface area (Å²) >= 11 is 2.35. The number of aliphatic carboxylic acids is 1. The van der Waals surface area contributed by atoms with Crippen LogP contribution >= 0.6 is 23.1 Å². The van der Waals surface area contributed by atoms with Gasteiger partial charge in [0.2, 0.25) is 0 Å². The van der Waals surface area contributed by atoms with Gasteiger partial charge in [0.15, 0.2) is 10.8 Å². The Labute approximate surface area is 160 Å². The fourth-order valence-electron chi connectivity index (χ4n) is 2.39. The predicted octanol–water partition coefficient (Wildman–Crippen LogP) is -1.19. The lowest BCUT2D eigenvalue weighted by atomic mass is 10.1. The van der Waals surface area contributed by atoms with E-state index in [9.17, 15) is 14.4 Å². The molecule has 0 saturated carbocycles. The molecule has 5 N–H and O–H groups in total. The van der Waals surface area contributed by atoms with Crippen LogP contribution in [-0.2, 0) is 19.2 Å². The van der Waals surface area contributed by atoms with Crippen molar-refractivity contribution < 1.29 is 29.4 Å². The van der Waals surface area contributed by atoms with E-state index in [1.54, 1.807) is 0 Å². The summed E-state index contributed by atoms with van der Waals surface area (Å²) in [5, 5.41) is 25.4. The number of thioether (sulfide) groups is 1. The predicted molar refractivity (Wildman–Crippen MR) is 96.8 cm³/mol. The molecule has 0 aliphatic carbocycles. The Morgan fingerprint density at radius 2 is 2.30 bits per heavy atom. The summed E-state index contributed by atoms with van der Waals surface area (Å²) in [5.74, 6) is -1.98. The van der Waals surface area contributed by atoms with Crippen molar-refractivity contribution in [1.82, 2.24) is 15.2 Å². The number of carbonyl (C=O) groups is 3. The third kappa shape index (κ3) is 3.89. The second kappa shape index (κ2) is 7.94. The topological polar surface area (TPSA) is 167 Å². The fourth-order valence-corrected chi connectivity index (χ4v) is 4.19. The minimum atomic E-state index is -1.09. The Morgan fingerprint density at radius 3 is 2.93 bits per heavy atom. The number of oxime groups is 1. The number of aliphatic hydroxyl groups is 1. The summed E-state index contributed by atoms with van der Waals surface area (Å²) < 4.78 is 0. The van der Waals surface area contributed by atoms with E-state index in [1.165, 1.54) is 28.2 Å². The highest BCUT2D eigenvalue weighted by Gasteiger charge is 2.50. The van der Waals surface area contributed by atoms with Crippen molar-refractivity contribution in [3.63, 3.8) is 0 Å². The maximum Gasteiger partial charge on any atom is 0.333 e. The lowest BCUT2D eigenvalue weighted by Gasteiger charge is -2.46. The fraction of sp³-hybridized carbons (Fsp3) is 0.357. The number of aromatic nitrogens is 1. The van der Waals surface area contributed by atoms with Crippen LogP contribution in [0.15, 0.2) is 22.3 Å². The maximum atomic E-state index is 12.6. The van der Waals surface area contributed by atoms with Gasteiger partial charge in [-0.3, -0.25) is 9.59 Å². The first-order valence-corrected chi connectivity index (χ1v) is 9.56. The quantitative estimate of drug-likeness (QED) is 0.186. The number of hydrogen-bond donors (Lipinski definition) is 4. The van der Waals surface area contributed by atoms with Crippen LogP contribution in [-0.4, -0.2) is 74.0 Å². The molecule has 144 valence electrons. The number of thiazole rings is 1. The smallest absolute Gasteiger partial charge is 0.333 e. The Balaban J connectivity index is 1.72. The number of nitrogens with two attached hydrogens (primary N) is 1. The molecule has 0 bridgehead atoms. The molecule has 1 unspecified atom stereocenters. The standard InChI is InChI=1S/C14H15N5O6S2/c15-14-16-7(5-27-14)8(18-25-2-1-20)10(21)17-9-11(22)19-3-6(13(23)24)4-26-12(9)19/h3,5,9,12,20H,1-2,4H2,(H2,15,16)(H,17,21)(H,23,24)/t9?,12-/m1/s1. The third-order valence-corrected chi connectivity index (χ3v) is 5.66. The first-order valence-electron chi connectivity index (χ1n) is 7.63. The van der Waals surface area contributed by atoms with Crippen LogP contribution in [0.1, 0.15) is 5.69 Å². The second-order valence-electron chi connectivity index (χ2n) is 5.43. The third-order valence-electron chi connectivity index (χ3n) is 3.66. The maximum absolute atomic E-state index is 12.6. The van der Waals surface area contributed by atoms with Crippen molar-refractivity contribution in [2.24, 2.45) is 5.16 Å². The van der Waals surface area contributed by atoms with Crippen LogP contribution < -0.4 is 11.1 Å². The van der Waals surface area contributed by atoms with Gasteiger partial charge in [0.05, 0.1) is 12.2 Å². The van der Waals surface area contributed by atoms with Gasteiger partial charge in [-0.2, -0.15) is 0 Å². The van der Waals surface area contributed by atoms with Crippen molar-refractivity contribution in [3.8, 4) is 0 Å². The van der Waals surface area contributed by atoms with Crippen molar-refractivity contribution in [2.45, 2.75) is 11.4 Å². The van der Waals surface area contributed by atoms with Crippen LogP contribution in [0.4, 0.5) is 5.13 Å². The summed E-state index contributed by atoms with van der Waals surface area (Å²) in [7, 11) is 0. The molecule has 1 saturated heterocycles. The number of fused-ring (bicyclic) bond motifs is 1. The Bertz CT molecular complexity index is 838. The highest BCUT2D eigenvalue weighted by atomic mass is 32.2. The molecule has 3 rings (SSSR count). The highest BCUT2D eigenvalue weighted by molar-refractivity contribution is 8.00. The van der Waals surface area contributed by atoms with E-state index < -0.39 is 29.2 Å². The van der Waals surface area contributed by atoms with Crippen LogP contribution in [0.5, 0.6) is 0 Å². The number of rotatable bonds is 7. The van der Waals surface area contributed by atoms with E-state index in [2.05, 4.69) is 15.5 Å². The Hall–Kier alpha value is -2.64. The minimum Gasteiger partial charge on any atom is -0.478 e. The van der Waals surface area contributed by atoms with Crippen molar-refractivity contribution >= 4 is 51.7 Å². The summed E-state index contributed by atoms with van der Waals surface area (Å²) in [5.41, 5.74) is 5.70. The number of anilines is 1. The van der Waals surface area contributed by atoms with Crippen molar-refractivity contribution in [2.75, 3.05) is 24.7 Å². The molecule has 1 aromatic heterocycles. The Kier molecular flexibility index (Phi) is 5.62. The van der Waals surface area contributed by atoms with E-state index in [4.69, 9.17) is 20.8 Å². The van der Waals surface area contributed by atoms with Gasteiger partial charge in [-0.25, -0.2) is 9.78 Å². The summed E-state index contributed by atoms with van der Waals surface area (Å²) in [6.45, 7) is -0.404. The number of carboxylic acid groups (broad SMARTS) is 1. The van der Waals surface area contributed by atoms with E-state index in [0.717, 1.165) is 11.3 Å². The number of carbonyl (C=O) groups excluding carboxylic acids is 2. The number of aliphatic hydroxyl groups excluding tert-OH is 1. The monoisotopic (exact) mass is 413 g/mol. The van der Waals surface area contributed by atoms with Gasteiger partial charge in [-0.15, -0.1) is 23.1 Å². The van der Waals surface area contributed by atoms with Crippen LogP contribution in [0.2, 0.25) is 0 Å². The zero-order chi connectivity index (χ0) is 19.6. The molecule has 27 heavy (non-hydrogen) atoms. The summed E-state index contributed by atoms with van der Waals surface area (Å²) in [4.78, 5) is 46.0. The number of amides is 2. The number of hydrogen-bond acceptors (Lipinski definition) is 10. The zero-order valence-electron chi connectivity index (χ0n) is 13.7. The molecule has 2 aliphatic heterocycles. The van der Waals surface area contributed by atoms with Gasteiger partial charge in [0.25, 0.3) is 11.8 Å². The average molecular weight is 413 g/mol. The van der Waals surface area contributed by atoms with Gasteiger partial charge in [0, 0.05) is 17.3 Å². The molecule has 2 aliphatic rings. The van der Waals surface area contributed by atoms with E-state index in [1.807, 2.05) is 0 Å². The molecule has 0 radical (unpaired) electrons. The van der Waals surface area contributed by atoms with E-state index >= 15 is 0 Å². The minimum absolute atomic E-state index is 0.117. The molecule has 2 amide bonds. The normalized spacial score (nSPS) is 21.8. The highest BCUT2D eigenvalue weighted by Crippen LogP contribution is 2.36. The van der Waals surface area contributed by atoms with Crippen LogP contribution in [0.25, 0.3) is 0 Å². The van der Waals surface area contributed by atoms with Crippen LogP contribution in [0, 0.1) is 0 Å². The molecule has 3 heterocycles. The van der Waals surface area contributed by atoms with Gasteiger partial charge in [-0.05, 0) is 0 Å². The van der Waals surface area contributed by atoms with E-state index in [0.29, 0.717) is 0 Å². The molecule has 13 heteroatoms. The molecule has 1 aromatic rings. The van der Waals surface area contributed by atoms with Gasteiger partial charge >= 0.3 is 5.97 Å². The first-order chi connectivity index (χ1) is 12.9. The summed E-state index contributed by atoms with van der Waals surface area (Å²) in [6, 6.07) is -0.826. The Morgan fingerprint density at radius 1 is 1.52 bits per heavy atom. The lowest BCUT2D eigenvalue weighted by Crippen LogP contribution is -2.69. The van der Waals surface area contributed by atoms with Gasteiger partial charge in [-0.1, -0.05) is 5.16 Å². The molecule has 11 nitrogen and oxygen atoms in total. The largest absolute Gasteiger partial charge is 0.478 e. The SMILES string of the molecule is Nc1nc(C(=NOCCO)C(=O)NC2C(=O)N3C=C(C(=O)O)CS[C@H]23)cs1. The van der Waals surface area contributed by atoms with Gasteiger partial charge < -0.3 is 31.0 Å². The average Bonchev–Trinajstić information content (AvgIpc) is 3.08. The number of nitrogens with one attached hydrogen (secondary N) is 1. The lowest BCUT2D eigenvalue weighted by molar-refractivity contribution is -0.144. The molecular formula is C14H15N5O6S2.